The molecule has 0 bridgehead atoms. The van der Waals surface area contributed by atoms with Crippen molar-refractivity contribution in [1.29, 1.82) is 0 Å². The summed E-state index contributed by atoms with van der Waals surface area (Å²) < 4.78 is 33.3. The van der Waals surface area contributed by atoms with Crippen molar-refractivity contribution in [1.82, 2.24) is 10.2 Å². The maximum absolute atomic E-state index is 14.2. The van der Waals surface area contributed by atoms with Gasteiger partial charge in [0.05, 0.1) is 18.6 Å². The molecular weight excluding hydrogens is 338 g/mol. The van der Waals surface area contributed by atoms with Gasteiger partial charge in [-0.25, -0.2) is 8.78 Å². The molecule has 6 heteroatoms. The minimum atomic E-state index is -0.645. The molecule has 2 saturated heterocycles. The van der Waals surface area contributed by atoms with Gasteiger partial charge in [0.15, 0.2) is 0 Å². The second kappa shape index (κ2) is 6.68. The molecule has 0 aliphatic carbocycles. The van der Waals surface area contributed by atoms with Gasteiger partial charge in [-0.05, 0) is 11.1 Å². The zero-order valence-corrected chi connectivity index (χ0v) is 14.5. The van der Waals surface area contributed by atoms with Crippen molar-refractivity contribution in [2.45, 2.75) is 6.54 Å². The first kappa shape index (κ1) is 17.0. The van der Waals surface area contributed by atoms with E-state index in [4.69, 9.17) is 4.74 Å². The third-order valence-corrected chi connectivity index (χ3v) is 5.29. The van der Waals surface area contributed by atoms with Crippen LogP contribution in [0.5, 0.6) is 5.75 Å². The molecule has 1 N–H and O–H groups in total. The van der Waals surface area contributed by atoms with Crippen LogP contribution in [0.25, 0.3) is 11.1 Å². The van der Waals surface area contributed by atoms with Gasteiger partial charge in [-0.3, -0.25) is 9.69 Å². The number of halogens is 2. The average Bonchev–Trinajstić information content (AvgIpc) is 3.17. The number of hydrogen-bond acceptors (Lipinski definition) is 3. The number of nitrogens with zero attached hydrogens (tertiary/aromatic N) is 1. The number of methoxy groups -OCH3 is 1. The third-order valence-electron chi connectivity index (χ3n) is 5.29. The van der Waals surface area contributed by atoms with Crippen molar-refractivity contribution in [3.05, 3.63) is 53.6 Å². The number of ether oxygens (including phenoxy) is 1. The summed E-state index contributed by atoms with van der Waals surface area (Å²) in [5, 5.41) is 2.90. The lowest BCUT2D eigenvalue weighted by molar-refractivity contribution is -0.122. The van der Waals surface area contributed by atoms with Crippen LogP contribution in [0.4, 0.5) is 8.78 Å². The van der Waals surface area contributed by atoms with E-state index < -0.39 is 11.6 Å². The summed E-state index contributed by atoms with van der Waals surface area (Å²) in [4.78, 5) is 14.0. The standard InChI is InChI=1S/C20H20F2N2O2/c1-26-15-6-17(21)19(18(22)7-15)13-4-2-12(3-5-13)9-24-10-14-8-23-20(25)16(14)11-24/h2-7,14,16H,8-11H2,1H3,(H,23,25)/t14-,16+/m0/s1. The lowest BCUT2D eigenvalue weighted by Gasteiger charge is -2.17. The molecule has 0 aromatic heterocycles. The molecule has 136 valence electrons. The van der Waals surface area contributed by atoms with E-state index in [0.29, 0.717) is 11.5 Å². The molecule has 0 radical (unpaired) electrons. The van der Waals surface area contributed by atoms with Gasteiger partial charge in [-0.1, -0.05) is 24.3 Å². The molecule has 2 aliphatic rings. The summed E-state index contributed by atoms with van der Waals surface area (Å²) in [7, 11) is 1.37. The third kappa shape index (κ3) is 3.05. The van der Waals surface area contributed by atoms with Crippen molar-refractivity contribution < 1.29 is 18.3 Å². The Kier molecular flexibility index (Phi) is 4.36. The van der Waals surface area contributed by atoms with Crippen molar-refractivity contribution in [2.24, 2.45) is 11.8 Å². The zero-order chi connectivity index (χ0) is 18.3. The Balaban J connectivity index is 1.49. The van der Waals surface area contributed by atoms with E-state index in [0.717, 1.165) is 31.7 Å². The van der Waals surface area contributed by atoms with E-state index in [9.17, 15) is 13.6 Å². The number of likely N-dealkylation sites (tertiary alicyclic amines) is 1. The fraction of sp³-hybridized carbons (Fsp3) is 0.350. The number of amides is 1. The second-order valence-electron chi connectivity index (χ2n) is 6.97. The summed E-state index contributed by atoms with van der Waals surface area (Å²) in [5.74, 6) is -0.496. The number of fused-ring (bicyclic) bond motifs is 1. The first-order valence-corrected chi connectivity index (χ1v) is 8.67. The quantitative estimate of drug-likeness (QED) is 0.914. The molecule has 2 aliphatic heterocycles. The molecule has 4 rings (SSSR count). The Morgan fingerprint density at radius 1 is 1.15 bits per heavy atom. The molecule has 0 saturated carbocycles. The molecule has 2 heterocycles. The van der Waals surface area contributed by atoms with Crippen LogP contribution in [-0.2, 0) is 11.3 Å². The Morgan fingerprint density at radius 3 is 2.46 bits per heavy atom. The monoisotopic (exact) mass is 358 g/mol. The molecule has 2 fully saturated rings. The van der Waals surface area contributed by atoms with Crippen LogP contribution in [0.2, 0.25) is 0 Å². The van der Waals surface area contributed by atoms with Gasteiger partial charge in [-0.2, -0.15) is 0 Å². The number of rotatable bonds is 4. The van der Waals surface area contributed by atoms with Gasteiger partial charge in [-0.15, -0.1) is 0 Å². The van der Waals surface area contributed by atoms with Crippen molar-refractivity contribution in [3.63, 3.8) is 0 Å². The SMILES string of the molecule is COc1cc(F)c(-c2ccc(CN3C[C@@H]4CNC(=O)[C@@H]4C3)cc2)c(F)c1. The predicted molar refractivity (Wildman–Crippen MR) is 93.6 cm³/mol. The summed E-state index contributed by atoms with van der Waals surface area (Å²) in [6.45, 7) is 3.15. The number of carbonyl (C=O) groups excluding carboxylic acids is 1. The van der Waals surface area contributed by atoms with Crippen LogP contribution in [0.1, 0.15) is 5.56 Å². The van der Waals surface area contributed by atoms with E-state index >= 15 is 0 Å². The molecule has 0 spiro atoms. The van der Waals surface area contributed by atoms with Gasteiger partial charge in [0.1, 0.15) is 17.4 Å². The van der Waals surface area contributed by atoms with Crippen LogP contribution in [0.3, 0.4) is 0 Å². The van der Waals surface area contributed by atoms with Crippen molar-refractivity contribution >= 4 is 5.91 Å². The Labute approximate surface area is 150 Å². The van der Waals surface area contributed by atoms with E-state index in [1.165, 1.54) is 19.2 Å². The highest BCUT2D eigenvalue weighted by Crippen LogP contribution is 2.31. The van der Waals surface area contributed by atoms with Gasteiger partial charge in [0, 0.05) is 44.2 Å². The normalized spacial score (nSPS) is 22.3. The summed E-state index contributed by atoms with van der Waals surface area (Å²) in [6, 6.07) is 9.58. The van der Waals surface area contributed by atoms with E-state index in [1.54, 1.807) is 12.1 Å². The van der Waals surface area contributed by atoms with Gasteiger partial charge in [0.25, 0.3) is 0 Å². The first-order valence-electron chi connectivity index (χ1n) is 8.67. The highest BCUT2D eigenvalue weighted by atomic mass is 19.1. The fourth-order valence-electron chi connectivity index (χ4n) is 3.93. The fourth-order valence-corrected chi connectivity index (χ4v) is 3.93. The molecule has 2 atom stereocenters. The second-order valence-corrected chi connectivity index (χ2v) is 6.97. The largest absolute Gasteiger partial charge is 0.497 e. The molecule has 0 unspecified atom stereocenters. The topological polar surface area (TPSA) is 41.6 Å². The van der Waals surface area contributed by atoms with Crippen molar-refractivity contribution in [3.8, 4) is 16.9 Å². The maximum atomic E-state index is 14.2. The summed E-state index contributed by atoms with van der Waals surface area (Å²) >= 11 is 0. The van der Waals surface area contributed by atoms with Crippen LogP contribution in [0.15, 0.2) is 36.4 Å². The minimum Gasteiger partial charge on any atom is -0.497 e. The van der Waals surface area contributed by atoms with Crippen LogP contribution in [0, 0.1) is 23.5 Å². The van der Waals surface area contributed by atoms with Gasteiger partial charge in [0.2, 0.25) is 5.91 Å². The van der Waals surface area contributed by atoms with Crippen LogP contribution >= 0.6 is 0 Å². The highest BCUT2D eigenvalue weighted by Gasteiger charge is 2.41. The number of benzene rings is 2. The summed E-state index contributed by atoms with van der Waals surface area (Å²) in [5.41, 5.74) is 1.50. The Morgan fingerprint density at radius 2 is 1.85 bits per heavy atom. The first-order chi connectivity index (χ1) is 12.5. The molecule has 1 amide bonds. The van der Waals surface area contributed by atoms with Crippen molar-refractivity contribution in [2.75, 3.05) is 26.7 Å². The highest BCUT2D eigenvalue weighted by molar-refractivity contribution is 5.81. The van der Waals surface area contributed by atoms with E-state index in [2.05, 4.69) is 10.2 Å². The Hall–Kier alpha value is -2.47. The zero-order valence-electron chi connectivity index (χ0n) is 14.5. The number of nitrogens with one attached hydrogen (secondary N) is 1. The lowest BCUT2D eigenvalue weighted by atomic mass is 10.0. The molecule has 2 aromatic rings. The molecule has 2 aromatic carbocycles. The van der Waals surface area contributed by atoms with Gasteiger partial charge < -0.3 is 10.1 Å². The Bertz CT molecular complexity index is 815. The molecular formula is C20H20F2N2O2. The lowest BCUT2D eigenvalue weighted by Crippen LogP contribution is -2.28. The van der Waals surface area contributed by atoms with E-state index in [1.807, 2.05) is 12.1 Å². The van der Waals surface area contributed by atoms with E-state index in [-0.39, 0.29) is 23.1 Å². The molecule has 4 nitrogen and oxygen atoms in total. The number of carbonyl (C=O) groups is 1. The average molecular weight is 358 g/mol. The summed E-state index contributed by atoms with van der Waals surface area (Å²) in [6.07, 6.45) is 0. The minimum absolute atomic E-state index is 0.0512. The van der Waals surface area contributed by atoms with Crippen LogP contribution < -0.4 is 10.1 Å². The van der Waals surface area contributed by atoms with Crippen LogP contribution in [-0.4, -0.2) is 37.6 Å². The number of hydrogen-bond donors (Lipinski definition) is 1. The van der Waals surface area contributed by atoms with Gasteiger partial charge >= 0.3 is 0 Å². The molecule has 26 heavy (non-hydrogen) atoms. The maximum Gasteiger partial charge on any atom is 0.224 e. The predicted octanol–water partition coefficient (Wildman–Crippen LogP) is 2.82. The smallest absolute Gasteiger partial charge is 0.224 e.